The Morgan fingerprint density at radius 3 is 2.65 bits per heavy atom. The third kappa shape index (κ3) is 3.75. The highest BCUT2D eigenvalue weighted by atomic mass is 16.4. The first-order valence-electron chi connectivity index (χ1n) is 5.28. The minimum atomic E-state index is -1.08. The van der Waals surface area contributed by atoms with Gasteiger partial charge in [-0.2, -0.15) is 0 Å². The maximum atomic E-state index is 11.4. The number of aromatic nitrogens is 1. The van der Waals surface area contributed by atoms with Crippen LogP contribution in [-0.2, 0) is 4.79 Å². The number of rotatable bonds is 5. The number of nitrogens with one attached hydrogen (secondary N) is 2. The first-order valence-corrected chi connectivity index (χ1v) is 5.28. The third-order valence-corrected chi connectivity index (χ3v) is 2.11. The SMILES string of the molecule is CCNC(=O)C(C)Nc1ccc(C(=O)O)nc1. The Labute approximate surface area is 99.1 Å². The summed E-state index contributed by atoms with van der Waals surface area (Å²) in [5.41, 5.74) is 0.579. The van der Waals surface area contributed by atoms with E-state index in [1.165, 1.54) is 12.3 Å². The zero-order chi connectivity index (χ0) is 12.8. The quantitative estimate of drug-likeness (QED) is 0.701. The van der Waals surface area contributed by atoms with E-state index in [0.29, 0.717) is 12.2 Å². The molecule has 0 saturated carbocycles. The van der Waals surface area contributed by atoms with Crippen molar-refractivity contribution in [2.45, 2.75) is 19.9 Å². The van der Waals surface area contributed by atoms with Crippen LogP contribution in [-0.4, -0.2) is 34.6 Å². The molecule has 0 saturated heterocycles. The fourth-order valence-electron chi connectivity index (χ4n) is 1.25. The van der Waals surface area contributed by atoms with E-state index in [0.717, 1.165) is 0 Å². The molecule has 0 fully saturated rings. The summed E-state index contributed by atoms with van der Waals surface area (Å²) in [6.07, 6.45) is 1.39. The van der Waals surface area contributed by atoms with Gasteiger partial charge in [0.1, 0.15) is 11.7 Å². The number of carbonyl (C=O) groups is 2. The van der Waals surface area contributed by atoms with Crippen LogP contribution in [0.25, 0.3) is 0 Å². The molecule has 6 heteroatoms. The topological polar surface area (TPSA) is 91.3 Å². The first-order chi connectivity index (χ1) is 8.04. The van der Waals surface area contributed by atoms with E-state index in [1.807, 2.05) is 6.92 Å². The summed E-state index contributed by atoms with van der Waals surface area (Å²) in [7, 11) is 0. The van der Waals surface area contributed by atoms with E-state index in [4.69, 9.17) is 5.11 Å². The smallest absolute Gasteiger partial charge is 0.354 e. The maximum absolute atomic E-state index is 11.4. The molecule has 1 heterocycles. The lowest BCUT2D eigenvalue weighted by Gasteiger charge is -2.14. The standard InChI is InChI=1S/C11H15N3O3/c1-3-12-10(15)7(2)14-8-4-5-9(11(16)17)13-6-8/h4-7,14H,3H2,1-2H3,(H,12,15)(H,16,17). The summed E-state index contributed by atoms with van der Waals surface area (Å²) in [5, 5.41) is 14.3. The van der Waals surface area contributed by atoms with Crippen LogP contribution in [0.2, 0.25) is 0 Å². The van der Waals surface area contributed by atoms with Gasteiger partial charge < -0.3 is 15.7 Å². The van der Waals surface area contributed by atoms with Crippen molar-refractivity contribution in [2.24, 2.45) is 0 Å². The van der Waals surface area contributed by atoms with E-state index in [2.05, 4.69) is 15.6 Å². The lowest BCUT2D eigenvalue weighted by atomic mass is 10.2. The van der Waals surface area contributed by atoms with Gasteiger partial charge in [0.15, 0.2) is 0 Å². The molecule has 6 nitrogen and oxygen atoms in total. The molecule has 1 rings (SSSR count). The summed E-state index contributed by atoms with van der Waals surface area (Å²) >= 11 is 0. The molecule has 3 N–H and O–H groups in total. The van der Waals surface area contributed by atoms with Crippen molar-refractivity contribution >= 4 is 17.6 Å². The molecule has 92 valence electrons. The molecular formula is C11H15N3O3. The number of nitrogens with zero attached hydrogens (tertiary/aromatic N) is 1. The highest BCUT2D eigenvalue weighted by Gasteiger charge is 2.11. The van der Waals surface area contributed by atoms with Crippen molar-refractivity contribution < 1.29 is 14.7 Å². The molecular weight excluding hydrogens is 222 g/mol. The number of likely N-dealkylation sites (N-methyl/N-ethyl adjacent to an activating group) is 1. The number of carboxylic acids is 1. The summed E-state index contributed by atoms with van der Waals surface area (Å²) in [4.78, 5) is 25.8. The van der Waals surface area contributed by atoms with Crippen LogP contribution in [0.5, 0.6) is 0 Å². The molecule has 0 aliphatic carbocycles. The first kappa shape index (κ1) is 13.0. The van der Waals surface area contributed by atoms with Crippen molar-refractivity contribution in [3.63, 3.8) is 0 Å². The van der Waals surface area contributed by atoms with E-state index in [9.17, 15) is 9.59 Å². The molecule has 0 aliphatic heterocycles. The molecule has 1 atom stereocenters. The van der Waals surface area contributed by atoms with Gasteiger partial charge in [-0.05, 0) is 26.0 Å². The Balaban J connectivity index is 2.63. The number of carbonyl (C=O) groups excluding carboxylic acids is 1. The van der Waals surface area contributed by atoms with Gasteiger partial charge in [-0.15, -0.1) is 0 Å². The van der Waals surface area contributed by atoms with E-state index in [1.54, 1.807) is 13.0 Å². The van der Waals surface area contributed by atoms with Gasteiger partial charge in [0.05, 0.1) is 11.9 Å². The van der Waals surface area contributed by atoms with Crippen molar-refractivity contribution in [3.8, 4) is 0 Å². The molecule has 1 unspecified atom stereocenters. The molecule has 1 aromatic rings. The van der Waals surface area contributed by atoms with Gasteiger partial charge in [-0.1, -0.05) is 0 Å². The number of pyridine rings is 1. The van der Waals surface area contributed by atoms with E-state index < -0.39 is 12.0 Å². The van der Waals surface area contributed by atoms with E-state index in [-0.39, 0.29) is 11.6 Å². The second kappa shape index (κ2) is 5.83. The number of hydrogen-bond donors (Lipinski definition) is 3. The molecule has 1 aromatic heterocycles. The van der Waals surface area contributed by atoms with Gasteiger partial charge in [-0.3, -0.25) is 4.79 Å². The van der Waals surface area contributed by atoms with Crippen molar-refractivity contribution in [1.82, 2.24) is 10.3 Å². The molecule has 1 amide bonds. The van der Waals surface area contributed by atoms with Gasteiger partial charge in [0.25, 0.3) is 0 Å². The highest BCUT2D eigenvalue weighted by molar-refractivity contribution is 5.86. The van der Waals surface area contributed by atoms with Gasteiger partial charge in [0, 0.05) is 6.54 Å². The van der Waals surface area contributed by atoms with Crippen LogP contribution in [0.3, 0.4) is 0 Å². The Morgan fingerprint density at radius 2 is 2.18 bits per heavy atom. The minimum Gasteiger partial charge on any atom is -0.477 e. The third-order valence-electron chi connectivity index (χ3n) is 2.11. The van der Waals surface area contributed by atoms with Crippen LogP contribution >= 0.6 is 0 Å². The summed E-state index contributed by atoms with van der Waals surface area (Å²) in [6.45, 7) is 4.13. The number of carboxylic acid groups (broad SMARTS) is 1. The zero-order valence-electron chi connectivity index (χ0n) is 9.73. The van der Waals surface area contributed by atoms with Crippen LogP contribution in [0, 0.1) is 0 Å². The molecule has 17 heavy (non-hydrogen) atoms. The minimum absolute atomic E-state index is 0.0267. The zero-order valence-corrected chi connectivity index (χ0v) is 9.73. The molecule has 0 aromatic carbocycles. The van der Waals surface area contributed by atoms with Crippen LogP contribution in [0.15, 0.2) is 18.3 Å². The Morgan fingerprint density at radius 1 is 1.47 bits per heavy atom. The summed E-state index contributed by atoms with van der Waals surface area (Å²) in [6, 6.07) is 2.56. The fourth-order valence-corrected chi connectivity index (χ4v) is 1.25. The largest absolute Gasteiger partial charge is 0.477 e. The average molecular weight is 237 g/mol. The van der Waals surface area contributed by atoms with Crippen molar-refractivity contribution in [1.29, 1.82) is 0 Å². The average Bonchev–Trinajstić information content (AvgIpc) is 2.30. The molecule has 0 spiro atoms. The predicted molar refractivity (Wildman–Crippen MR) is 63.0 cm³/mol. The lowest BCUT2D eigenvalue weighted by molar-refractivity contribution is -0.121. The van der Waals surface area contributed by atoms with Gasteiger partial charge >= 0.3 is 5.97 Å². The van der Waals surface area contributed by atoms with E-state index >= 15 is 0 Å². The lowest BCUT2D eigenvalue weighted by Crippen LogP contribution is -2.37. The second-order valence-corrected chi connectivity index (χ2v) is 3.50. The highest BCUT2D eigenvalue weighted by Crippen LogP contribution is 2.07. The van der Waals surface area contributed by atoms with Crippen LogP contribution < -0.4 is 10.6 Å². The van der Waals surface area contributed by atoms with Crippen molar-refractivity contribution in [3.05, 3.63) is 24.0 Å². The Bertz CT molecular complexity index is 403. The normalized spacial score (nSPS) is 11.6. The van der Waals surface area contributed by atoms with Crippen LogP contribution in [0.4, 0.5) is 5.69 Å². The van der Waals surface area contributed by atoms with Crippen LogP contribution in [0.1, 0.15) is 24.3 Å². The molecule has 0 radical (unpaired) electrons. The van der Waals surface area contributed by atoms with Gasteiger partial charge in [-0.25, -0.2) is 9.78 Å². The summed E-state index contributed by atoms with van der Waals surface area (Å²) < 4.78 is 0. The maximum Gasteiger partial charge on any atom is 0.354 e. The number of aromatic carboxylic acids is 1. The predicted octanol–water partition coefficient (Wildman–Crippen LogP) is 0.716. The molecule has 0 bridgehead atoms. The Hall–Kier alpha value is -2.11. The second-order valence-electron chi connectivity index (χ2n) is 3.50. The summed E-state index contributed by atoms with van der Waals surface area (Å²) in [5.74, 6) is -1.19. The fraction of sp³-hybridized carbons (Fsp3) is 0.364. The number of anilines is 1. The number of hydrogen-bond acceptors (Lipinski definition) is 4. The molecule has 0 aliphatic rings. The number of amides is 1. The van der Waals surface area contributed by atoms with Gasteiger partial charge in [0.2, 0.25) is 5.91 Å². The van der Waals surface area contributed by atoms with Crippen molar-refractivity contribution in [2.75, 3.05) is 11.9 Å². The Kier molecular flexibility index (Phi) is 4.45. The monoisotopic (exact) mass is 237 g/mol.